The molecule has 0 aromatic heterocycles. The van der Waals surface area contributed by atoms with E-state index in [2.05, 4.69) is 15.9 Å². The first-order valence-electron chi connectivity index (χ1n) is 4.61. The van der Waals surface area contributed by atoms with E-state index < -0.39 is 21.7 Å². The van der Waals surface area contributed by atoms with Crippen LogP contribution >= 0.6 is 15.9 Å². The van der Waals surface area contributed by atoms with Gasteiger partial charge in [0.1, 0.15) is 11.6 Å². The molecule has 0 saturated heterocycles. The average molecular weight is 330 g/mol. The lowest BCUT2D eigenvalue weighted by Crippen LogP contribution is -2.18. The second-order valence-corrected chi connectivity index (χ2v) is 5.94. The molecule has 0 amide bonds. The molecule has 1 aromatic carbocycles. The molecular weight excluding hydrogens is 320 g/mol. The fourth-order valence-electron chi connectivity index (χ4n) is 1.07. The van der Waals surface area contributed by atoms with Gasteiger partial charge in [0.15, 0.2) is 0 Å². The minimum absolute atomic E-state index is 0.0410. The fourth-order valence-corrected chi connectivity index (χ4v) is 2.52. The molecule has 0 saturated carbocycles. The Bertz CT molecular complexity index is 507. The molecule has 8 heteroatoms. The summed E-state index contributed by atoms with van der Waals surface area (Å²) in [6.45, 7) is -0.281. The lowest BCUT2D eigenvalue weighted by atomic mass is 10.3. The highest BCUT2D eigenvalue weighted by Crippen LogP contribution is 2.24. The third-order valence-corrected chi connectivity index (χ3v) is 3.81. The maximum Gasteiger partial charge on any atom is 0.232 e. The molecule has 1 rings (SSSR count). The Labute approximate surface area is 106 Å². The average Bonchev–Trinajstić information content (AvgIpc) is 2.23. The summed E-state index contributed by atoms with van der Waals surface area (Å²) in [6.07, 6.45) is 0.0410. The van der Waals surface area contributed by atoms with Crippen molar-refractivity contribution in [3.8, 4) is 0 Å². The molecule has 0 aliphatic heterocycles. The summed E-state index contributed by atoms with van der Waals surface area (Å²) < 4.78 is 50.9. The second-order valence-electron chi connectivity index (χ2n) is 3.24. The number of hydrogen-bond acceptors (Lipinski definition) is 3. The Morgan fingerprint density at radius 2 is 1.94 bits per heavy atom. The van der Waals surface area contributed by atoms with Crippen LogP contribution in [0.1, 0.15) is 6.42 Å². The van der Waals surface area contributed by atoms with Crippen LogP contribution in [-0.2, 0) is 10.0 Å². The largest absolute Gasteiger partial charge is 0.396 e. The smallest absolute Gasteiger partial charge is 0.232 e. The van der Waals surface area contributed by atoms with E-state index in [0.717, 1.165) is 6.07 Å². The molecule has 96 valence electrons. The number of anilines is 1. The van der Waals surface area contributed by atoms with E-state index in [1.807, 2.05) is 4.72 Å². The van der Waals surface area contributed by atoms with Crippen molar-refractivity contribution in [3.05, 3.63) is 28.2 Å². The van der Waals surface area contributed by atoms with Crippen LogP contribution in [0.15, 0.2) is 16.6 Å². The number of sulfonamides is 1. The van der Waals surface area contributed by atoms with Gasteiger partial charge in [-0.2, -0.15) is 0 Å². The highest BCUT2D eigenvalue weighted by atomic mass is 79.9. The lowest BCUT2D eigenvalue weighted by molar-refractivity contribution is 0.295. The van der Waals surface area contributed by atoms with Crippen LogP contribution in [0.25, 0.3) is 0 Å². The Kier molecular flexibility index (Phi) is 4.84. The number of benzene rings is 1. The van der Waals surface area contributed by atoms with Gasteiger partial charge >= 0.3 is 0 Å². The van der Waals surface area contributed by atoms with Gasteiger partial charge in [-0.3, -0.25) is 4.72 Å². The van der Waals surface area contributed by atoms with Gasteiger partial charge in [0, 0.05) is 12.7 Å². The number of halogens is 3. The SMILES string of the molecule is O=S(=O)(CCCO)Nc1cc(Br)c(F)cc1F. The summed E-state index contributed by atoms with van der Waals surface area (Å²) in [5, 5.41) is 8.51. The zero-order chi connectivity index (χ0) is 13.1. The molecule has 0 aliphatic rings. The predicted molar refractivity (Wildman–Crippen MR) is 63.2 cm³/mol. The maximum absolute atomic E-state index is 13.2. The van der Waals surface area contributed by atoms with Crippen LogP contribution in [0.5, 0.6) is 0 Å². The Morgan fingerprint density at radius 1 is 1.29 bits per heavy atom. The Morgan fingerprint density at radius 3 is 2.53 bits per heavy atom. The van der Waals surface area contributed by atoms with Gasteiger partial charge in [0.2, 0.25) is 10.0 Å². The summed E-state index contributed by atoms with van der Waals surface area (Å²) >= 11 is 2.82. The molecule has 0 atom stereocenters. The third-order valence-electron chi connectivity index (χ3n) is 1.85. The third kappa shape index (κ3) is 4.21. The van der Waals surface area contributed by atoms with Crippen LogP contribution in [0.2, 0.25) is 0 Å². The molecule has 0 aliphatic carbocycles. The van der Waals surface area contributed by atoms with Crippen molar-refractivity contribution in [1.82, 2.24) is 0 Å². The van der Waals surface area contributed by atoms with Crippen molar-refractivity contribution in [3.63, 3.8) is 0 Å². The minimum atomic E-state index is -3.74. The van der Waals surface area contributed by atoms with Gasteiger partial charge in [-0.15, -0.1) is 0 Å². The standard InChI is InChI=1S/C9H10BrF2NO3S/c10-6-4-9(8(12)5-7(6)11)13-17(15,16)3-1-2-14/h4-5,13-14H,1-3H2. The van der Waals surface area contributed by atoms with Gasteiger partial charge in [-0.1, -0.05) is 0 Å². The summed E-state index contributed by atoms with van der Waals surface area (Å²) in [5.74, 6) is -2.16. The van der Waals surface area contributed by atoms with Gasteiger partial charge in [0.05, 0.1) is 15.9 Å². The van der Waals surface area contributed by atoms with Gasteiger partial charge in [-0.05, 0) is 28.4 Å². The van der Waals surface area contributed by atoms with E-state index in [1.54, 1.807) is 0 Å². The van der Waals surface area contributed by atoms with Crippen molar-refractivity contribution >= 4 is 31.6 Å². The van der Waals surface area contributed by atoms with Crippen LogP contribution in [0.3, 0.4) is 0 Å². The number of aliphatic hydroxyl groups excluding tert-OH is 1. The van der Waals surface area contributed by atoms with Gasteiger partial charge in [0.25, 0.3) is 0 Å². The second kappa shape index (κ2) is 5.74. The zero-order valence-corrected chi connectivity index (χ0v) is 11.0. The monoisotopic (exact) mass is 329 g/mol. The first-order valence-corrected chi connectivity index (χ1v) is 7.06. The number of hydrogen-bond donors (Lipinski definition) is 2. The predicted octanol–water partition coefficient (Wildman–Crippen LogP) is 1.85. The zero-order valence-electron chi connectivity index (χ0n) is 8.58. The molecule has 0 spiro atoms. The normalized spacial score (nSPS) is 11.5. The van der Waals surface area contributed by atoms with Gasteiger partial charge < -0.3 is 5.11 Å². The van der Waals surface area contributed by atoms with Crippen molar-refractivity contribution in [2.24, 2.45) is 0 Å². The van der Waals surface area contributed by atoms with E-state index in [9.17, 15) is 17.2 Å². The van der Waals surface area contributed by atoms with Crippen molar-refractivity contribution in [2.75, 3.05) is 17.1 Å². The van der Waals surface area contributed by atoms with E-state index >= 15 is 0 Å². The molecule has 0 radical (unpaired) electrons. The summed E-state index contributed by atoms with van der Waals surface area (Å²) in [5.41, 5.74) is -0.337. The topological polar surface area (TPSA) is 66.4 Å². The molecule has 0 heterocycles. The molecule has 0 unspecified atom stereocenters. The van der Waals surface area contributed by atoms with Crippen LogP contribution in [0.4, 0.5) is 14.5 Å². The molecule has 0 fully saturated rings. The highest BCUT2D eigenvalue weighted by molar-refractivity contribution is 9.10. The van der Waals surface area contributed by atoms with E-state index in [0.29, 0.717) is 6.07 Å². The number of rotatable bonds is 5. The summed E-state index contributed by atoms with van der Waals surface area (Å²) in [6, 6.07) is 1.58. The van der Waals surface area contributed by atoms with Crippen LogP contribution < -0.4 is 4.72 Å². The molecular formula is C9H10BrF2NO3S. The molecule has 1 aromatic rings. The van der Waals surface area contributed by atoms with E-state index in [-0.39, 0.29) is 28.9 Å². The summed E-state index contributed by atoms with van der Waals surface area (Å²) in [4.78, 5) is 0. The Hall–Kier alpha value is -0.730. The molecule has 0 bridgehead atoms. The summed E-state index contributed by atoms with van der Waals surface area (Å²) in [7, 11) is -3.74. The maximum atomic E-state index is 13.2. The quantitative estimate of drug-likeness (QED) is 0.810. The molecule has 17 heavy (non-hydrogen) atoms. The van der Waals surface area contributed by atoms with Crippen molar-refractivity contribution in [2.45, 2.75) is 6.42 Å². The van der Waals surface area contributed by atoms with Crippen molar-refractivity contribution < 1.29 is 22.3 Å². The van der Waals surface area contributed by atoms with Crippen LogP contribution in [-0.4, -0.2) is 25.9 Å². The van der Waals surface area contributed by atoms with Gasteiger partial charge in [-0.25, -0.2) is 17.2 Å². The van der Waals surface area contributed by atoms with Crippen LogP contribution in [0, 0.1) is 11.6 Å². The van der Waals surface area contributed by atoms with E-state index in [4.69, 9.17) is 5.11 Å². The number of nitrogens with one attached hydrogen (secondary N) is 1. The van der Waals surface area contributed by atoms with E-state index in [1.165, 1.54) is 0 Å². The fraction of sp³-hybridized carbons (Fsp3) is 0.333. The highest BCUT2D eigenvalue weighted by Gasteiger charge is 2.15. The minimum Gasteiger partial charge on any atom is -0.396 e. The van der Waals surface area contributed by atoms with Crippen molar-refractivity contribution in [1.29, 1.82) is 0 Å². The number of aliphatic hydroxyl groups is 1. The molecule has 2 N–H and O–H groups in total. The first kappa shape index (κ1) is 14.3. The lowest BCUT2D eigenvalue weighted by Gasteiger charge is -2.09. The Balaban J connectivity index is 2.92. The molecule has 4 nitrogen and oxygen atoms in total. The first-order chi connectivity index (χ1) is 7.85.